The maximum Gasteiger partial charge on any atom is 1.00 e. The second-order valence-corrected chi connectivity index (χ2v) is 4.59. The molecule has 5 nitrogen and oxygen atoms in total. The molecular formula is C7H7N2NaO3S2. The van der Waals surface area contributed by atoms with Crippen LogP contribution in [0.3, 0.4) is 0 Å². The van der Waals surface area contributed by atoms with E-state index in [0.717, 1.165) is 0 Å². The van der Waals surface area contributed by atoms with Gasteiger partial charge in [0.2, 0.25) is 0 Å². The van der Waals surface area contributed by atoms with E-state index >= 15 is 0 Å². The minimum Gasteiger partial charge on any atom is -1.00 e. The van der Waals surface area contributed by atoms with E-state index in [9.17, 15) is 8.42 Å². The quantitative estimate of drug-likeness (QED) is 0.331. The van der Waals surface area contributed by atoms with Crippen molar-refractivity contribution in [3.05, 3.63) is 23.0 Å². The van der Waals surface area contributed by atoms with Crippen molar-refractivity contribution in [2.75, 3.05) is 0 Å². The largest absolute Gasteiger partial charge is 1.00 e. The van der Waals surface area contributed by atoms with Gasteiger partial charge in [-0.1, -0.05) is 0 Å². The summed E-state index contributed by atoms with van der Waals surface area (Å²) in [5.74, 6) is 0. The van der Waals surface area contributed by atoms with Gasteiger partial charge in [-0.3, -0.25) is 4.55 Å². The second kappa shape index (κ2) is 4.36. The predicted molar refractivity (Wildman–Crippen MR) is 54.4 cm³/mol. The first-order chi connectivity index (χ1) is 6.47. The normalized spacial score (nSPS) is 11.3. The predicted octanol–water partition coefficient (Wildman–Crippen LogP) is -1.41. The number of rotatable bonds is 1. The molecule has 2 rings (SSSR count). The van der Waals surface area contributed by atoms with E-state index in [2.05, 4.69) is 9.97 Å². The summed E-state index contributed by atoms with van der Waals surface area (Å²) < 4.78 is 30.8. The van der Waals surface area contributed by atoms with E-state index in [0.29, 0.717) is 15.8 Å². The van der Waals surface area contributed by atoms with Crippen molar-refractivity contribution in [1.82, 2.24) is 9.97 Å². The number of benzene rings is 1. The fourth-order valence-corrected chi connectivity index (χ4v) is 1.90. The Morgan fingerprint density at radius 3 is 2.47 bits per heavy atom. The van der Waals surface area contributed by atoms with E-state index in [1.807, 2.05) is 0 Å². The smallest absolute Gasteiger partial charge is 1.00 e. The molecule has 0 aliphatic carbocycles. The molecule has 1 aromatic heterocycles. The van der Waals surface area contributed by atoms with Gasteiger partial charge in [-0.2, -0.15) is 8.42 Å². The minimum absolute atomic E-state index is 0. The van der Waals surface area contributed by atoms with Crippen LogP contribution in [0.5, 0.6) is 0 Å². The molecule has 0 atom stereocenters. The topological polar surface area (TPSA) is 85.9 Å². The van der Waals surface area contributed by atoms with Gasteiger partial charge in [0, 0.05) is 0 Å². The molecule has 3 N–H and O–H groups in total. The van der Waals surface area contributed by atoms with Crippen LogP contribution in [0.2, 0.25) is 0 Å². The van der Waals surface area contributed by atoms with Crippen LogP contribution in [-0.4, -0.2) is 22.9 Å². The van der Waals surface area contributed by atoms with Crippen LogP contribution in [-0.2, 0) is 10.1 Å². The summed E-state index contributed by atoms with van der Waals surface area (Å²) in [7, 11) is -4.15. The number of fused-ring (bicyclic) bond motifs is 1. The fraction of sp³-hybridized carbons (Fsp3) is 0. The third-order valence-corrected chi connectivity index (χ3v) is 2.84. The van der Waals surface area contributed by atoms with E-state index in [1.54, 1.807) is 0 Å². The molecule has 8 heteroatoms. The third kappa shape index (κ3) is 2.68. The Morgan fingerprint density at radius 2 is 1.87 bits per heavy atom. The molecule has 0 fully saturated rings. The Kier molecular flexibility index (Phi) is 3.75. The SMILES string of the molecule is O=S(=O)(O)c1ccc2[nH]c(=S)[nH]c2c1.[H-].[Na+]. The maximum absolute atomic E-state index is 10.8. The summed E-state index contributed by atoms with van der Waals surface area (Å²) in [6.45, 7) is 0. The Bertz CT molecular complexity index is 649. The summed E-state index contributed by atoms with van der Waals surface area (Å²) in [5.41, 5.74) is 1.24. The first-order valence-corrected chi connectivity index (χ1v) is 5.51. The number of aromatic amines is 2. The Hall–Kier alpha value is -0.180. The Balaban J connectivity index is 0.00000112. The minimum atomic E-state index is -4.15. The average molecular weight is 254 g/mol. The molecule has 0 saturated carbocycles. The molecule has 0 amide bonds. The average Bonchev–Trinajstić information content (AvgIpc) is 2.41. The van der Waals surface area contributed by atoms with Crippen molar-refractivity contribution < 1.29 is 44.0 Å². The van der Waals surface area contributed by atoms with Gasteiger partial charge in [-0.15, -0.1) is 0 Å². The second-order valence-electron chi connectivity index (χ2n) is 2.76. The van der Waals surface area contributed by atoms with Crippen molar-refractivity contribution in [3.8, 4) is 0 Å². The Labute approximate surface area is 114 Å². The summed E-state index contributed by atoms with van der Waals surface area (Å²) in [6.07, 6.45) is 0. The van der Waals surface area contributed by atoms with Crippen LogP contribution in [0.1, 0.15) is 1.43 Å². The molecule has 1 heterocycles. The summed E-state index contributed by atoms with van der Waals surface area (Å²) in [6, 6.07) is 4.15. The molecule has 0 radical (unpaired) electrons. The molecule has 0 unspecified atom stereocenters. The zero-order valence-corrected chi connectivity index (χ0v) is 11.4. The molecule has 2 aromatic rings. The van der Waals surface area contributed by atoms with Crippen LogP contribution < -0.4 is 29.6 Å². The van der Waals surface area contributed by atoms with Gasteiger partial charge in [0.05, 0.1) is 15.9 Å². The van der Waals surface area contributed by atoms with Gasteiger partial charge >= 0.3 is 29.6 Å². The third-order valence-electron chi connectivity index (χ3n) is 1.79. The first-order valence-electron chi connectivity index (χ1n) is 3.66. The van der Waals surface area contributed by atoms with E-state index < -0.39 is 10.1 Å². The molecule has 0 aliphatic rings. The molecule has 0 saturated heterocycles. The molecular weight excluding hydrogens is 247 g/mol. The molecule has 76 valence electrons. The Morgan fingerprint density at radius 1 is 1.27 bits per heavy atom. The molecule has 0 aliphatic heterocycles. The van der Waals surface area contributed by atoms with Crippen molar-refractivity contribution in [1.29, 1.82) is 0 Å². The van der Waals surface area contributed by atoms with Crippen molar-refractivity contribution in [2.24, 2.45) is 0 Å². The zero-order chi connectivity index (χ0) is 10.3. The van der Waals surface area contributed by atoms with Crippen LogP contribution in [0.15, 0.2) is 23.1 Å². The number of H-pyrrole nitrogens is 2. The van der Waals surface area contributed by atoms with Crippen LogP contribution in [0, 0.1) is 4.77 Å². The first kappa shape index (κ1) is 12.9. The van der Waals surface area contributed by atoms with Gasteiger partial charge < -0.3 is 11.4 Å². The van der Waals surface area contributed by atoms with Crippen LogP contribution >= 0.6 is 12.2 Å². The van der Waals surface area contributed by atoms with Crippen LogP contribution in [0.4, 0.5) is 0 Å². The van der Waals surface area contributed by atoms with Gasteiger partial charge in [-0.05, 0) is 30.4 Å². The van der Waals surface area contributed by atoms with Gasteiger partial charge in [0.15, 0.2) is 4.77 Å². The number of nitrogens with one attached hydrogen (secondary N) is 2. The van der Waals surface area contributed by atoms with Gasteiger partial charge in [-0.25, -0.2) is 0 Å². The van der Waals surface area contributed by atoms with Crippen molar-refractivity contribution >= 4 is 33.4 Å². The standard InChI is InChI=1S/C7H6N2O3S2.Na.H/c10-14(11,12)4-1-2-5-6(3-4)9-7(13)8-5;;/h1-3H,(H2,8,9,13)(H,10,11,12);;/q;+1;-1. The van der Waals surface area contributed by atoms with E-state index in [4.69, 9.17) is 16.8 Å². The summed E-state index contributed by atoms with van der Waals surface area (Å²) >= 11 is 4.83. The monoisotopic (exact) mass is 254 g/mol. The number of imidazole rings is 1. The number of aromatic nitrogens is 2. The van der Waals surface area contributed by atoms with E-state index in [-0.39, 0.29) is 35.9 Å². The van der Waals surface area contributed by atoms with Crippen molar-refractivity contribution in [2.45, 2.75) is 4.90 Å². The van der Waals surface area contributed by atoms with Crippen LogP contribution in [0.25, 0.3) is 11.0 Å². The fourth-order valence-electron chi connectivity index (χ4n) is 1.17. The summed E-state index contributed by atoms with van der Waals surface area (Å²) in [4.78, 5) is 5.42. The number of hydrogen-bond acceptors (Lipinski definition) is 3. The zero-order valence-electron chi connectivity index (χ0n) is 8.81. The number of hydrogen-bond donors (Lipinski definition) is 3. The van der Waals surface area contributed by atoms with Gasteiger partial charge in [0.25, 0.3) is 10.1 Å². The van der Waals surface area contributed by atoms with Gasteiger partial charge in [0.1, 0.15) is 0 Å². The van der Waals surface area contributed by atoms with E-state index in [1.165, 1.54) is 18.2 Å². The van der Waals surface area contributed by atoms with Crippen molar-refractivity contribution in [3.63, 3.8) is 0 Å². The molecule has 0 bridgehead atoms. The molecule has 15 heavy (non-hydrogen) atoms. The maximum atomic E-state index is 10.8. The summed E-state index contributed by atoms with van der Waals surface area (Å²) in [5, 5.41) is 0. The molecule has 0 spiro atoms. The molecule has 1 aromatic carbocycles.